The highest BCUT2D eigenvalue weighted by Gasteiger charge is 2.34. The minimum atomic E-state index is -0.934. The Morgan fingerprint density at radius 3 is 2.78 bits per heavy atom. The number of nitrogens with one attached hydrogen (secondary N) is 1. The van der Waals surface area contributed by atoms with E-state index in [1.165, 1.54) is 23.0 Å². The number of carbonyl (C=O) groups is 2. The van der Waals surface area contributed by atoms with Crippen molar-refractivity contribution in [1.29, 1.82) is 0 Å². The van der Waals surface area contributed by atoms with Gasteiger partial charge in [0.15, 0.2) is 5.16 Å². The van der Waals surface area contributed by atoms with Crippen LogP contribution in [0.25, 0.3) is 0 Å². The first-order valence-corrected chi connectivity index (χ1v) is 8.24. The number of aromatic nitrogens is 3. The summed E-state index contributed by atoms with van der Waals surface area (Å²) in [7, 11) is 0. The van der Waals surface area contributed by atoms with Crippen molar-refractivity contribution in [3.63, 3.8) is 0 Å². The number of carbonyl (C=O) groups excluding carboxylic acids is 1. The standard InChI is InChI=1S/C15H16N4O3S/c20-13(19-7-1-2-12(19)14(21)22)11-5-3-10(4-6-11)8-23-15-16-9-17-18-15/h3-6,9,12H,1-2,7-8H2,(H,21,22)(H,16,17,18)/t12-/m0/s1. The van der Waals surface area contributed by atoms with Gasteiger partial charge in [0, 0.05) is 17.9 Å². The zero-order valence-electron chi connectivity index (χ0n) is 12.3. The van der Waals surface area contributed by atoms with E-state index in [2.05, 4.69) is 15.2 Å². The van der Waals surface area contributed by atoms with Crippen LogP contribution in [0.1, 0.15) is 28.8 Å². The number of hydrogen-bond acceptors (Lipinski definition) is 5. The third kappa shape index (κ3) is 3.53. The van der Waals surface area contributed by atoms with Gasteiger partial charge in [-0.1, -0.05) is 23.9 Å². The van der Waals surface area contributed by atoms with E-state index in [4.69, 9.17) is 0 Å². The lowest BCUT2D eigenvalue weighted by molar-refractivity contribution is -0.141. The zero-order valence-corrected chi connectivity index (χ0v) is 13.1. The lowest BCUT2D eigenvalue weighted by Crippen LogP contribution is -2.40. The van der Waals surface area contributed by atoms with E-state index < -0.39 is 12.0 Å². The number of likely N-dealkylation sites (tertiary alicyclic amines) is 1. The molecule has 0 saturated carbocycles. The molecular weight excluding hydrogens is 316 g/mol. The number of H-pyrrole nitrogens is 1. The molecule has 7 nitrogen and oxygen atoms in total. The zero-order chi connectivity index (χ0) is 16.2. The molecule has 1 fully saturated rings. The van der Waals surface area contributed by atoms with Crippen molar-refractivity contribution in [1.82, 2.24) is 20.1 Å². The second-order valence-corrected chi connectivity index (χ2v) is 6.24. The van der Waals surface area contributed by atoms with Crippen LogP contribution in [0.2, 0.25) is 0 Å². The molecule has 0 radical (unpaired) electrons. The number of amides is 1. The van der Waals surface area contributed by atoms with Crippen molar-refractivity contribution < 1.29 is 14.7 Å². The minimum absolute atomic E-state index is 0.218. The largest absolute Gasteiger partial charge is 0.480 e. The SMILES string of the molecule is O=C(O)[C@@H]1CCCN1C(=O)c1ccc(CSc2ncn[nH]2)cc1. The van der Waals surface area contributed by atoms with E-state index in [0.29, 0.717) is 24.3 Å². The summed E-state index contributed by atoms with van der Waals surface area (Å²) in [4.78, 5) is 29.1. The maximum absolute atomic E-state index is 12.5. The Labute approximate surface area is 137 Å². The molecule has 3 rings (SSSR count). The molecule has 120 valence electrons. The van der Waals surface area contributed by atoms with Crippen LogP contribution in [-0.4, -0.2) is 49.7 Å². The monoisotopic (exact) mass is 332 g/mol. The van der Waals surface area contributed by atoms with Crippen molar-refractivity contribution in [3.05, 3.63) is 41.7 Å². The third-order valence-corrected chi connectivity index (χ3v) is 4.72. The summed E-state index contributed by atoms with van der Waals surface area (Å²) in [5.41, 5.74) is 1.57. The molecule has 1 amide bonds. The number of aromatic amines is 1. The van der Waals surface area contributed by atoms with Crippen molar-refractivity contribution in [2.45, 2.75) is 29.8 Å². The molecule has 0 spiro atoms. The number of rotatable bonds is 5. The predicted octanol–water partition coefficient (Wildman–Crippen LogP) is 1.79. The molecule has 8 heteroatoms. The summed E-state index contributed by atoms with van der Waals surface area (Å²) in [5, 5.41) is 16.5. The first-order valence-electron chi connectivity index (χ1n) is 7.26. The molecule has 1 aliphatic rings. The summed E-state index contributed by atoms with van der Waals surface area (Å²) in [6.07, 6.45) is 2.71. The minimum Gasteiger partial charge on any atom is -0.480 e. The molecule has 1 aromatic carbocycles. The summed E-state index contributed by atoms with van der Waals surface area (Å²) < 4.78 is 0. The van der Waals surface area contributed by atoms with E-state index in [0.717, 1.165) is 17.1 Å². The topological polar surface area (TPSA) is 99.2 Å². The van der Waals surface area contributed by atoms with Gasteiger partial charge in [0.05, 0.1) is 0 Å². The quantitative estimate of drug-likeness (QED) is 0.810. The second kappa shape index (κ2) is 6.82. The average molecular weight is 332 g/mol. The summed E-state index contributed by atoms with van der Waals surface area (Å²) in [6.45, 7) is 0.499. The van der Waals surface area contributed by atoms with Crippen LogP contribution in [0.3, 0.4) is 0 Å². The number of nitrogens with zero attached hydrogens (tertiary/aromatic N) is 3. The Morgan fingerprint density at radius 2 is 2.13 bits per heavy atom. The maximum Gasteiger partial charge on any atom is 0.326 e. The van der Waals surface area contributed by atoms with E-state index in [1.807, 2.05) is 12.1 Å². The molecule has 1 atom stereocenters. The molecule has 1 aliphatic heterocycles. The number of aliphatic carboxylic acids is 1. The Morgan fingerprint density at radius 1 is 1.35 bits per heavy atom. The Balaban J connectivity index is 1.64. The van der Waals surface area contributed by atoms with Crippen molar-refractivity contribution in [3.8, 4) is 0 Å². The van der Waals surface area contributed by atoms with Crippen LogP contribution < -0.4 is 0 Å². The molecule has 1 aromatic heterocycles. The van der Waals surface area contributed by atoms with Crippen LogP contribution in [0, 0.1) is 0 Å². The number of carboxylic acid groups (broad SMARTS) is 1. The van der Waals surface area contributed by atoms with Gasteiger partial charge in [-0.3, -0.25) is 9.89 Å². The average Bonchev–Trinajstić information content (AvgIpc) is 3.24. The molecular formula is C15H16N4O3S. The van der Waals surface area contributed by atoms with Gasteiger partial charge in [-0.05, 0) is 30.5 Å². The van der Waals surface area contributed by atoms with Gasteiger partial charge in [0.25, 0.3) is 5.91 Å². The first kappa shape index (κ1) is 15.5. The lowest BCUT2D eigenvalue weighted by Gasteiger charge is -2.21. The van der Waals surface area contributed by atoms with Crippen LogP contribution in [0.15, 0.2) is 35.7 Å². The molecule has 2 aromatic rings. The van der Waals surface area contributed by atoms with Crippen LogP contribution in [-0.2, 0) is 10.5 Å². The van der Waals surface area contributed by atoms with Gasteiger partial charge >= 0.3 is 5.97 Å². The van der Waals surface area contributed by atoms with Gasteiger partial charge in [-0.15, -0.1) is 0 Å². The Bertz CT molecular complexity index is 687. The maximum atomic E-state index is 12.5. The van der Waals surface area contributed by atoms with Crippen molar-refractivity contribution in [2.75, 3.05) is 6.54 Å². The van der Waals surface area contributed by atoms with E-state index in [1.54, 1.807) is 12.1 Å². The number of carboxylic acids is 1. The van der Waals surface area contributed by atoms with E-state index >= 15 is 0 Å². The Hall–Kier alpha value is -2.35. The molecule has 23 heavy (non-hydrogen) atoms. The molecule has 0 unspecified atom stereocenters. The fourth-order valence-corrected chi connectivity index (χ4v) is 3.33. The van der Waals surface area contributed by atoms with E-state index in [-0.39, 0.29) is 5.91 Å². The predicted molar refractivity (Wildman–Crippen MR) is 84.1 cm³/mol. The van der Waals surface area contributed by atoms with Gasteiger partial charge < -0.3 is 10.0 Å². The first-order chi connectivity index (χ1) is 11.1. The highest BCUT2D eigenvalue weighted by molar-refractivity contribution is 7.98. The smallest absolute Gasteiger partial charge is 0.326 e. The molecule has 0 aliphatic carbocycles. The van der Waals surface area contributed by atoms with Crippen LogP contribution in [0.5, 0.6) is 0 Å². The molecule has 2 heterocycles. The number of hydrogen-bond donors (Lipinski definition) is 2. The van der Waals surface area contributed by atoms with Crippen molar-refractivity contribution in [2.24, 2.45) is 0 Å². The van der Waals surface area contributed by atoms with Crippen LogP contribution >= 0.6 is 11.8 Å². The Kier molecular flexibility index (Phi) is 4.61. The van der Waals surface area contributed by atoms with Gasteiger partial charge in [-0.25, -0.2) is 9.78 Å². The normalized spacial score (nSPS) is 17.4. The number of benzene rings is 1. The van der Waals surface area contributed by atoms with Crippen LogP contribution in [0.4, 0.5) is 0 Å². The van der Waals surface area contributed by atoms with Gasteiger partial charge in [0.2, 0.25) is 0 Å². The van der Waals surface area contributed by atoms with Gasteiger partial charge in [0.1, 0.15) is 12.4 Å². The van der Waals surface area contributed by atoms with Gasteiger partial charge in [-0.2, -0.15) is 5.10 Å². The second-order valence-electron chi connectivity index (χ2n) is 5.27. The van der Waals surface area contributed by atoms with E-state index in [9.17, 15) is 14.7 Å². The molecule has 0 bridgehead atoms. The third-order valence-electron chi connectivity index (χ3n) is 3.77. The number of thioether (sulfide) groups is 1. The fraction of sp³-hybridized carbons (Fsp3) is 0.333. The molecule has 1 saturated heterocycles. The highest BCUT2D eigenvalue weighted by Crippen LogP contribution is 2.22. The summed E-state index contributed by atoms with van der Waals surface area (Å²) >= 11 is 1.52. The highest BCUT2D eigenvalue weighted by atomic mass is 32.2. The molecule has 2 N–H and O–H groups in total. The fourth-order valence-electron chi connectivity index (χ4n) is 2.59. The van der Waals surface area contributed by atoms with Crippen molar-refractivity contribution >= 4 is 23.6 Å². The lowest BCUT2D eigenvalue weighted by atomic mass is 10.1. The summed E-state index contributed by atoms with van der Waals surface area (Å²) in [5.74, 6) is -0.439. The summed E-state index contributed by atoms with van der Waals surface area (Å²) in [6, 6.07) is 6.54.